The van der Waals surface area contributed by atoms with E-state index in [2.05, 4.69) is 222 Å². The first-order chi connectivity index (χ1) is 31.1. The standard InChI is InChI=1S/C41H39N2SSi.C18H24GeN.Ir/c1-27(2)33-23-30(29-15-9-7-10-16-29)24-34(28(3)4)40(33)43-38-20-14-13-19-37(38)42-41(43)36-26-44-39-22-21-32(25-35(36)39)45(5,6)31-17-11-8-12-18-31;1-14(2)11-16-12-18(15-9-7-6-8-10-15)20-13-17(16)19(3,4)5;/h7-25,27-28H,1-6H3;6-9,12-14H,11H2,1-5H3;/q2*-1;. The summed E-state index contributed by atoms with van der Waals surface area (Å²) in [4.78, 5) is 10.1. The zero-order chi connectivity index (χ0) is 46.0. The Morgan fingerprint density at radius 1 is 0.682 bits per heavy atom. The van der Waals surface area contributed by atoms with Crippen LogP contribution in [0.4, 0.5) is 0 Å². The molecule has 0 aliphatic carbocycles. The molecule has 1 radical (unpaired) electrons. The number of hydrogen-bond acceptors (Lipinski definition) is 3. The van der Waals surface area contributed by atoms with E-state index < -0.39 is 21.3 Å². The van der Waals surface area contributed by atoms with Crippen LogP contribution in [0.2, 0.25) is 30.4 Å². The van der Waals surface area contributed by atoms with Crippen LogP contribution in [0.1, 0.15) is 70.1 Å². The van der Waals surface area contributed by atoms with E-state index in [0.717, 1.165) is 40.1 Å². The number of benzene rings is 6. The van der Waals surface area contributed by atoms with Crippen LogP contribution in [0.15, 0.2) is 152 Å². The van der Waals surface area contributed by atoms with Gasteiger partial charge in [-0.2, -0.15) is 0 Å². The van der Waals surface area contributed by atoms with Crippen LogP contribution in [0, 0.1) is 17.4 Å². The van der Waals surface area contributed by atoms with Crippen LogP contribution in [0.5, 0.6) is 0 Å². The minimum Gasteiger partial charge on any atom is -0.333 e. The minimum absolute atomic E-state index is 0. The van der Waals surface area contributed by atoms with Gasteiger partial charge in [0, 0.05) is 25.8 Å². The Labute approximate surface area is 415 Å². The Hall–Kier alpha value is -4.69. The molecule has 9 rings (SSSR count). The molecule has 7 heteroatoms. The molecule has 0 amide bonds. The molecule has 0 saturated heterocycles. The van der Waals surface area contributed by atoms with Gasteiger partial charge in [0.05, 0.1) is 16.9 Å². The number of pyridine rings is 1. The van der Waals surface area contributed by atoms with Gasteiger partial charge in [0.25, 0.3) is 0 Å². The fourth-order valence-corrected chi connectivity index (χ4v) is 15.6. The molecule has 0 fully saturated rings. The zero-order valence-corrected chi connectivity index (χ0v) is 46.8. The van der Waals surface area contributed by atoms with Gasteiger partial charge in [-0.1, -0.05) is 152 Å². The normalized spacial score (nSPS) is 11.9. The molecule has 3 aromatic heterocycles. The summed E-state index contributed by atoms with van der Waals surface area (Å²) in [6.45, 7) is 18.7. The number of nitrogens with zero attached hydrogens (tertiary/aromatic N) is 3. The summed E-state index contributed by atoms with van der Waals surface area (Å²) >= 11 is -0.162. The van der Waals surface area contributed by atoms with Crippen molar-refractivity contribution in [2.45, 2.75) is 90.2 Å². The summed E-state index contributed by atoms with van der Waals surface area (Å²) in [5, 5.41) is 7.84. The second kappa shape index (κ2) is 20.7. The van der Waals surface area contributed by atoms with Gasteiger partial charge in [-0.25, -0.2) is 0 Å². The van der Waals surface area contributed by atoms with Crippen LogP contribution < -0.4 is 14.8 Å². The Kier molecular flexibility index (Phi) is 15.4. The fourth-order valence-electron chi connectivity index (χ4n) is 9.07. The van der Waals surface area contributed by atoms with Crippen molar-refractivity contribution in [2.24, 2.45) is 5.92 Å². The summed E-state index contributed by atoms with van der Waals surface area (Å²) in [7, 11) is -1.90. The third-order valence-corrected chi connectivity index (χ3v) is 21.4. The Balaban J connectivity index is 0.000000260. The Morgan fingerprint density at radius 2 is 1.32 bits per heavy atom. The fraction of sp³-hybridized carbons (Fsp3) is 0.254. The van der Waals surface area contributed by atoms with E-state index in [-0.39, 0.29) is 20.1 Å². The topological polar surface area (TPSA) is 30.7 Å². The van der Waals surface area contributed by atoms with E-state index >= 15 is 0 Å². The number of thiophene rings is 1. The van der Waals surface area contributed by atoms with E-state index in [1.165, 1.54) is 54.0 Å². The molecular formula is C59H63GeIrN3SSi-2. The second-order valence-electron chi connectivity index (χ2n) is 20.1. The van der Waals surface area contributed by atoms with Crippen molar-refractivity contribution in [1.29, 1.82) is 0 Å². The van der Waals surface area contributed by atoms with Crippen LogP contribution in [-0.2, 0) is 26.5 Å². The molecule has 9 aromatic rings. The molecule has 3 nitrogen and oxygen atoms in total. The van der Waals surface area contributed by atoms with E-state index in [1.807, 2.05) is 18.2 Å². The van der Waals surface area contributed by atoms with Crippen molar-refractivity contribution in [3.63, 3.8) is 0 Å². The third-order valence-electron chi connectivity index (χ3n) is 12.7. The molecule has 339 valence electrons. The molecule has 0 aliphatic rings. The van der Waals surface area contributed by atoms with E-state index in [4.69, 9.17) is 9.97 Å². The average molecular weight is 1140 g/mol. The van der Waals surface area contributed by atoms with Gasteiger partial charge in [0.15, 0.2) is 0 Å². The van der Waals surface area contributed by atoms with Gasteiger partial charge in [0.1, 0.15) is 8.07 Å². The van der Waals surface area contributed by atoms with E-state index in [0.29, 0.717) is 17.8 Å². The predicted molar refractivity (Wildman–Crippen MR) is 288 cm³/mol. The van der Waals surface area contributed by atoms with Crippen molar-refractivity contribution >= 4 is 68.6 Å². The van der Waals surface area contributed by atoms with Gasteiger partial charge in [0.2, 0.25) is 0 Å². The van der Waals surface area contributed by atoms with E-state index in [1.54, 1.807) is 15.7 Å². The number of aromatic nitrogens is 3. The van der Waals surface area contributed by atoms with E-state index in [9.17, 15) is 0 Å². The molecule has 0 unspecified atom stereocenters. The van der Waals surface area contributed by atoms with Gasteiger partial charge < -0.3 is 4.57 Å². The zero-order valence-electron chi connectivity index (χ0n) is 40.5. The summed E-state index contributed by atoms with van der Waals surface area (Å²) in [6, 6.07) is 55.9. The van der Waals surface area contributed by atoms with Gasteiger partial charge in [-0.3, -0.25) is 16.3 Å². The average Bonchev–Trinajstić information content (AvgIpc) is 3.90. The van der Waals surface area contributed by atoms with Crippen LogP contribution in [-0.4, -0.2) is 35.9 Å². The Morgan fingerprint density at radius 3 is 1.94 bits per heavy atom. The van der Waals surface area contributed by atoms with Crippen molar-refractivity contribution in [2.75, 3.05) is 0 Å². The summed E-state index contributed by atoms with van der Waals surface area (Å²) in [5.74, 6) is 9.60. The first-order valence-electron chi connectivity index (χ1n) is 23.3. The second-order valence-corrected chi connectivity index (χ2v) is 35.9. The monoisotopic (exact) mass is 1140 g/mol. The number of fused-ring (bicyclic) bond motifs is 2. The summed E-state index contributed by atoms with van der Waals surface area (Å²) in [5.41, 5.74) is 13.3. The maximum atomic E-state index is 5.36. The van der Waals surface area contributed by atoms with Gasteiger partial charge in [-0.05, 0) is 58.4 Å². The molecule has 66 heavy (non-hydrogen) atoms. The summed E-state index contributed by atoms with van der Waals surface area (Å²) < 4.78 is 5.23. The van der Waals surface area contributed by atoms with Crippen molar-refractivity contribution in [3.05, 3.63) is 180 Å². The maximum Gasteiger partial charge on any atom is 0.111 e. The van der Waals surface area contributed by atoms with Crippen LogP contribution >= 0.6 is 11.3 Å². The number of rotatable bonds is 11. The van der Waals surface area contributed by atoms with Crippen molar-refractivity contribution in [1.82, 2.24) is 14.5 Å². The third kappa shape index (κ3) is 10.4. The molecular weight excluding hydrogens is 1080 g/mol. The quantitative estimate of drug-likeness (QED) is 0.0954. The largest absolute Gasteiger partial charge is 0.333 e. The Bertz CT molecular complexity index is 3030. The number of imidazole rings is 1. The summed E-state index contributed by atoms with van der Waals surface area (Å²) in [6.07, 6.45) is 3.27. The maximum absolute atomic E-state index is 5.36. The smallest absolute Gasteiger partial charge is 0.111 e. The molecule has 0 spiro atoms. The molecule has 0 N–H and O–H groups in total. The molecule has 0 bridgehead atoms. The van der Waals surface area contributed by atoms with Crippen molar-refractivity contribution in [3.8, 4) is 39.5 Å². The molecule has 0 atom stereocenters. The van der Waals surface area contributed by atoms with Crippen LogP contribution in [0.3, 0.4) is 0 Å². The number of hydrogen-bond donors (Lipinski definition) is 0. The molecule has 3 heterocycles. The van der Waals surface area contributed by atoms with Crippen molar-refractivity contribution < 1.29 is 20.1 Å². The first-order valence-corrected chi connectivity index (χ1v) is 34.5. The number of para-hydroxylation sites is 2. The minimum atomic E-state index is -1.90. The SMILES string of the molecule is CC(C)Cc1cc(-c2[c-]cccc2)nc[c]1[Ge]([CH3])([CH3])[CH3].CC(C)c1cc(-c2ccccc2)cc(C(C)C)c1-n1c(-c2[c-]sc3ccc([Si](C)(C)c4ccccc4)cc23)nc2ccccc21.[Ir]. The first kappa shape index (κ1) is 49.2. The molecule has 0 saturated carbocycles. The molecule has 6 aromatic carbocycles. The van der Waals surface area contributed by atoms with Gasteiger partial charge >= 0.3 is 126 Å². The predicted octanol–water partition coefficient (Wildman–Crippen LogP) is 14.7. The molecule has 0 aliphatic heterocycles. The van der Waals surface area contributed by atoms with Gasteiger partial charge in [-0.15, -0.1) is 11.5 Å². The van der Waals surface area contributed by atoms with Crippen LogP contribution in [0.25, 0.3) is 60.6 Å².